The van der Waals surface area contributed by atoms with Crippen molar-refractivity contribution in [3.05, 3.63) is 94.2 Å². The Balaban J connectivity index is 1.75. The zero-order chi connectivity index (χ0) is 20.4. The second kappa shape index (κ2) is 8.01. The third-order valence-electron chi connectivity index (χ3n) is 4.68. The number of nitrogens with zero attached hydrogens (tertiary/aromatic N) is 3. The molecule has 1 N–H and O–H groups in total. The number of aryl methyl sites for hydroxylation is 2. The van der Waals surface area contributed by atoms with Gasteiger partial charge in [0.25, 0.3) is 5.91 Å². The third-order valence-corrected chi connectivity index (χ3v) is 5.21. The summed E-state index contributed by atoms with van der Waals surface area (Å²) in [5.41, 5.74) is 4.78. The first-order valence-corrected chi connectivity index (χ1v) is 9.97. The molecular weight excluding hydrogens is 428 g/mol. The Labute approximate surface area is 177 Å². The van der Waals surface area contributed by atoms with Crippen molar-refractivity contribution in [1.29, 1.82) is 0 Å². The third kappa shape index (κ3) is 4.12. The van der Waals surface area contributed by atoms with Gasteiger partial charge in [0, 0.05) is 15.7 Å². The van der Waals surface area contributed by atoms with Crippen LogP contribution in [0, 0.1) is 13.8 Å². The molecule has 0 spiro atoms. The van der Waals surface area contributed by atoms with Crippen molar-refractivity contribution in [2.45, 2.75) is 13.8 Å². The molecule has 0 radical (unpaired) electrons. The molecule has 4 rings (SSSR count). The van der Waals surface area contributed by atoms with E-state index in [0.29, 0.717) is 11.5 Å². The Morgan fingerprint density at radius 1 is 0.931 bits per heavy atom. The second-order valence-corrected chi connectivity index (χ2v) is 7.68. The average molecular weight is 447 g/mol. The van der Waals surface area contributed by atoms with Crippen LogP contribution < -0.4 is 5.32 Å². The van der Waals surface area contributed by atoms with E-state index in [2.05, 4.69) is 45.2 Å². The fraction of sp³-hybridized carbons (Fsp3) is 0.0870. The van der Waals surface area contributed by atoms with Crippen LogP contribution in [0.5, 0.6) is 0 Å². The molecule has 0 fully saturated rings. The van der Waals surface area contributed by atoms with E-state index in [0.717, 1.165) is 21.3 Å². The highest BCUT2D eigenvalue weighted by atomic mass is 79.9. The molecule has 0 aliphatic heterocycles. The number of hydrogen-bond acceptors (Lipinski definition) is 3. The van der Waals surface area contributed by atoms with Gasteiger partial charge in [-0.3, -0.25) is 4.79 Å². The molecule has 6 heteroatoms. The molecule has 29 heavy (non-hydrogen) atoms. The largest absolute Gasteiger partial charge is 0.319 e. The highest BCUT2D eigenvalue weighted by Gasteiger charge is 2.19. The summed E-state index contributed by atoms with van der Waals surface area (Å²) in [6, 6.07) is 23.2. The maximum absolute atomic E-state index is 12.8. The number of aromatic nitrogens is 3. The number of halogens is 1. The zero-order valence-corrected chi connectivity index (χ0v) is 17.6. The Hall–Kier alpha value is -3.25. The molecule has 0 atom stereocenters. The van der Waals surface area contributed by atoms with Crippen LogP contribution in [-0.4, -0.2) is 20.7 Å². The number of carbonyl (C=O) groups excluding carboxylic acids is 1. The van der Waals surface area contributed by atoms with Crippen LogP contribution >= 0.6 is 15.9 Å². The van der Waals surface area contributed by atoms with E-state index in [1.165, 1.54) is 5.56 Å². The Bertz CT molecular complexity index is 1170. The van der Waals surface area contributed by atoms with Gasteiger partial charge in [-0.25, -0.2) is 9.67 Å². The minimum atomic E-state index is -0.355. The molecule has 144 valence electrons. The van der Waals surface area contributed by atoms with Crippen molar-refractivity contribution in [1.82, 2.24) is 14.8 Å². The summed E-state index contributed by atoms with van der Waals surface area (Å²) >= 11 is 3.39. The predicted molar refractivity (Wildman–Crippen MR) is 118 cm³/mol. The number of carbonyl (C=O) groups is 1. The molecule has 1 heterocycles. The van der Waals surface area contributed by atoms with Gasteiger partial charge in [-0.1, -0.05) is 52.3 Å². The summed E-state index contributed by atoms with van der Waals surface area (Å²) in [4.78, 5) is 17.3. The van der Waals surface area contributed by atoms with Crippen LogP contribution in [0.15, 0.2) is 77.3 Å². The first-order valence-electron chi connectivity index (χ1n) is 9.18. The molecule has 1 amide bonds. The first kappa shape index (κ1) is 19.1. The summed E-state index contributed by atoms with van der Waals surface area (Å²) in [6.45, 7) is 4.12. The number of amides is 1. The minimum Gasteiger partial charge on any atom is -0.319 e. The summed E-state index contributed by atoms with van der Waals surface area (Å²) in [5, 5.41) is 7.38. The zero-order valence-electron chi connectivity index (χ0n) is 16.1. The van der Waals surface area contributed by atoms with Crippen molar-refractivity contribution >= 4 is 27.5 Å². The predicted octanol–water partition coefficient (Wildman–Crippen LogP) is 5.57. The number of benzene rings is 3. The van der Waals surface area contributed by atoms with E-state index in [4.69, 9.17) is 0 Å². The molecular formula is C23H19BrN4O. The summed E-state index contributed by atoms with van der Waals surface area (Å²) in [7, 11) is 0. The van der Waals surface area contributed by atoms with Gasteiger partial charge >= 0.3 is 0 Å². The summed E-state index contributed by atoms with van der Waals surface area (Å²) in [6.07, 6.45) is 0. The van der Waals surface area contributed by atoms with Gasteiger partial charge in [-0.2, -0.15) is 0 Å². The number of hydrogen-bond donors (Lipinski definition) is 1. The fourth-order valence-electron chi connectivity index (χ4n) is 2.94. The van der Waals surface area contributed by atoms with E-state index in [1.54, 1.807) is 4.68 Å². The lowest BCUT2D eigenvalue weighted by atomic mass is 10.1. The molecule has 0 saturated carbocycles. The number of nitrogens with one attached hydrogen (secondary N) is 1. The average Bonchev–Trinajstić information content (AvgIpc) is 3.18. The normalized spacial score (nSPS) is 10.7. The molecule has 0 aliphatic rings. The molecule has 1 aromatic heterocycles. The summed E-state index contributed by atoms with van der Waals surface area (Å²) < 4.78 is 2.66. The van der Waals surface area contributed by atoms with E-state index >= 15 is 0 Å². The van der Waals surface area contributed by atoms with Crippen molar-refractivity contribution in [3.63, 3.8) is 0 Å². The van der Waals surface area contributed by atoms with Crippen molar-refractivity contribution in [3.8, 4) is 17.1 Å². The molecule has 4 aromatic rings. The van der Waals surface area contributed by atoms with Gasteiger partial charge in [0.15, 0.2) is 5.82 Å². The lowest BCUT2D eigenvalue weighted by Gasteiger charge is -2.08. The van der Waals surface area contributed by atoms with Crippen LogP contribution in [0.4, 0.5) is 5.69 Å². The molecule has 0 unspecified atom stereocenters. The quantitative estimate of drug-likeness (QED) is 0.445. The van der Waals surface area contributed by atoms with Crippen molar-refractivity contribution < 1.29 is 4.79 Å². The maximum Gasteiger partial charge on any atom is 0.295 e. The second-order valence-electron chi connectivity index (χ2n) is 6.77. The van der Waals surface area contributed by atoms with Crippen LogP contribution in [0.25, 0.3) is 17.1 Å². The van der Waals surface area contributed by atoms with Crippen LogP contribution in [0.2, 0.25) is 0 Å². The van der Waals surface area contributed by atoms with Crippen molar-refractivity contribution in [2.75, 3.05) is 5.32 Å². The minimum absolute atomic E-state index is 0.116. The lowest BCUT2D eigenvalue weighted by Crippen LogP contribution is -2.14. The van der Waals surface area contributed by atoms with Crippen LogP contribution in [0.1, 0.15) is 21.7 Å². The highest BCUT2D eigenvalue weighted by molar-refractivity contribution is 9.10. The van der Waals surface area contributed by atoms with E-state index in [9.17, 15) is 4.79 Å². The molecule has 5 nitrogen and oxygen atoms in total. The van der Waals surface area contributed by atoms with Gasteiger partial charge in [0.05, 0.1) is 5.69 Å². The first-order chi connectivity index (χ1) is 14.0. The lowest BCUT2D eigenvalue weighted by molar-refractivity contribution is 0.101. The monoisotopic (exact) mass is 446 g/mol. The Kier molecular flexibility index (Phi) is 5.27. The van der Waals surface area contributed by atoms with Gasteiger partial charge in [0.1, 0.15) is 0 Å². The van der Waals surface area contributed by atoms with Crippen LogP contribution in [-0.2, 0) is 0 Å². The Morgan fingerprint density at radius 3 is 2.34 bits per heavy atom. The number of anilines is 1. The maximum atomic E-state index is 12.8. The molecule has 0 aliphatic carbocycles. The van der Waals surface area contributed by atoms with Gasteiger partial charge in [0.2, 0.25) is 5.82 Å². The SMILES string of the molecule is Cc1ccc(-n2nc(C(=O)Nc3ccc(Br)cc3)nc2-c2ccccc2)cc1C. The van der Waals surface area contributed by atoms with E-state index < -0.39 is 0 Å². The topological polar surface area (TPSA) is 59.8 Å². The number of rotatable bonds is 4. The van der Waals surface area contributed by atoms with Crippen molar-refractivity contribution in [2.24, 2.45) is 0 Å². The molecule has 0 bridgehead atoms. The van der Waals surface area contributed by atoms with Gasteiger partial charge in [-0.15, -0.1) is 5.10 Å². The summed E-state index contributed by atoms with van der Waals surface area (Å²) in [5.74, 6) is 0.381. The van der Waals surface area contributed by atoms with E-state index in [1.807, 2.05) is 72.8 Å². The van der Waals surface area contributed by atoms with Gasteiger partial charge < -0.3 is 5.32 Å². The molecule has 0 saturated heterocycles. The fourth-order valence-corrected chi connectivity index (χ4v) is 3.20. The van der Waals surface area contributed by atoms with Gasteiger partial charge in [-0.05, 0) is 61.4 Å². The van der Waals surface area contributed by atoms with Crippen LogP contribution in [0.3, 0.4) is 0 Å². The Morgan fingerprint density at radius 2 is 1.66 bits per heavy atom. The standard InChI is InChI=1S/C23H19BrN4O/c1-15-8-13-20(14-16(15)2)28-22(17-6-4-3-5-7-17)26-21(27-28)23(29)25-19-11-9-18(24)10-12-19/h3-14H,1-2H3,(H,25,29). The van der Waals surface area contributed by atoms with E-state index in [-0.39, 0.29) is 11.7 Å². The molecule has 3 aromatic carbocycles. The smallest absolute Gasteiger partial charge is 0.295 e. The highest BCUT2D eigenvalue weighted by Crippen LogP contribution is 2.23.